The molecule has 1 aliphatic heterocycles. The predicted molar refractivity (Wildman–Crippen MR) is 128 cm³/mol. The van der Waals surface area contributed by atoms with Crippen molar-refractivity contribution in [2.45, 2.75) is 19.4 Å². The molecule has 0 saturated carbocycles. The number of nitrogens with zero attached hydrogens (tertiary/aromatic N) is 2. The maximum Gasteiger partial charge on any atom is 0.332 e. The highest BCUT2D eigenvalue weighted by Gasteiger charge is 2.21. The molecule has 1 fully saturated rings. The highest BCUT2D eigenvalue weighted by molar-refractivity contribution is 7.07. The van der Waals surface area contributed by atoms with Crippen LogP contribution < -0.4 is 0 Å². The van der Waals surface area contributed by atoms with E-state index in [4.69, 9.17) is 0 Å². The predicted octanol–water partition coefficient (Wildman–Crippen LogP) is 6.50. The van der Waals surface area contributed by atoms with Crippen LogP contribution in [0.5, 0.6) is 0 Å². The van der Waals surface area contributed by atoms with Gasteiger partial charge in [-0.05, 0) is 64.6 Å². The van der Waals surface area contributed by atoms with Gasteiger partial charge in [-0.25, -0.2) is 0 Å². The molecule has 0 unspecified atom stereocenters. The zero-order valence-electron chi connectivity index (χ0n) is 17.6. The number of halogens is 1. The van der Waals surface area contributed by atoms with E-state index in [0.717, 1.165) is 60.1 Å². The third kappa shape index (κ3) is 4.27. The first kappa shape index (κ1) is 20.7. The van der Waals surface area contributed by atoms with Gasteiger partial charge in [-0.2, -0.15) is 15.7 Å². The number of para-hydroxylation sites is 1. The fourth-order valence-corrected chi connectivity index (χ4v) is 5.16. The van der Waals surface area contributed by atoms with E-state index in [-0.39, 0.29) is 5.56 Å². The van der Waals surface area contributed by atoms with Crippen molar-refractivity contribution < 1.29 is 9.18 Å². The molecule has 0 bridgehead atoms. The standard InChI is InChI=1S/C27H23FN2OS/c28-27(31)23-8-6-20(7-9-23)25(24-5-1-3-22-4-2-13-29-26(22)24)21-10-14-30(15-11-21)17-19-12-16-32-18-19/h1-9,12-13,16,18H,10-11,14-15,17H2. The maximum atomic E-state index is 13.2. The van der Waals surface area contributed by atoms with E-state index >= 15 is 0 Å². The number of carbonyl (C=O) groups is 1. The number of aromatic nitrogens is 1. The maximum absolute atomic E-state index is 13.2. The van der Waals surface area contributed by atoms with Crippen molar-refractivity contribution in [1.29, 1.82) is 0 Å². The number of fused-ring (bicyclic) bond motifs is 1. The molecule has 160 valence electrons. The van der Waals surface area contributed by atoms with Gasteiger partial charge in [-0.1, -0.05) is 42.0 Å². The van der Waals surface area contributed by atoms with Crippen LogP contribution in [0.25, 0.3) is 16.5 Å². The Morgan fingerprint density at radius 1 is 0.969 bits per heavy atom. The lowest BCUT2D eigenvalue weighted by molar-refractivity contribution is 0.0836. The first-order valence-corrected chi connectivity index (χ1v) is 11.7. The monoisotopic (exact) mass is 442 g/mol. The fraction of sp³-hybridized carbons (Fsp3) is 0.185. The molecule has 0 amide bonds. The van der Waals surface area contributed by atoms with Gasteiger partial charge in [0.2, 0.25) is 0 Å². The molecule has 0 aliphatic carbocycles. The Bertz CT molecular complexity index is 1260. The molecular formula is C27H23FN2OS. The first-order valence-electron chi connectivity index (χ1n) is 10.8. The number of benzene rings is 2. The molecule has 2 aromatic heterocycles. The molecule has 2 aromatic carbocycles. The third-order valence-electron chi connectivity index (χ3n) is 6.10. The summed E-state index contributed by atoms with van der Waals surface area (Å²) in [7, 11) is 0. The van der Waals surface area contributed by atoms with E-state index in [1.807, 2.05) is 24.4 Å². The summed E-state index contributed by atoms with van der Waals surface area (Å²) in [4.78, 5) is 18.3. The van der Waals surface area contributed by atoms with Gasteiger partial charge < -0.3 is 0 Å². The van der Waals surface area contributed by atoms with Gasteiger partial charge in [0, 0.05) is 36.8 Å². The van der Waals surface area contributed by atoms with E-state index in [1.165, 1.54) is 11.1 Å². The topological polar surface area (TPSA) is 33.2 Å². The van der Waals surface area contributed by atoms with E-state index in [2.05, 4.69) is 51.0 Å². The molecular weight excluding hydrogens is 419 g/mol. The van der Waals surface area contributed by atoms with Crippen LogP contribution in [0.2, 0.25) is 0 Å². The van der Waals surface area contributed by atoms with E-state index in [9.17, 15) is 9.18 Å². The van der Waals surface area contributed by atoms with Crippen LogP contribution in [-0.2, 0) is 6.54 Å². The zero-order chi connectivity index (χ0) is 21.9. The number of hydrogen-bond acceptors (Lipinski definition) is 4. The summed E-state index contributed by atoms with van der Waals surface area (Å²) in [5.74, 6) is 0. The third-order valence-corrected chi connectivity index (χ3v) is 6.83. The number of likely N-dealkylation sites (tertiary alicyclic amines) is 1. The smallest absolute Gasteiger partial charge is 0.298 e. The summed E-state index contributed by atoms with van der Waals surface area (Å²) >= 11 is 1.74. The molecule has 0 radical (unpaired) electrons. The molecule has 3 heterocycles. The molecule has 5 heteroatoms. The van der Waals surface area contributed by atoms with Crippen LogP contribution in [0.1, 0.15) is 39.9 Å². The van der Waals surface area contributed by atoms with Gasteiger partial charge in [-0.15, -0.1) is 0 Å². The fourth-order valence-electron chi connectivity index (χ4n) is 4.50. The molecule has 0 spiro atoms. The number of piperidine rings is 1. The molecule has 3 nitrogen and oxygen atoms in total. The molecule has 4 aromatic rings. The second-order valence-corrected chi connectivity index (χ2v) is 8.90. The average molecular weight is 443 g/mol. The molecule has 5 rings (SSSR count). The van der Waals surface area contributed by atoms with Crippen molar-refractivity contribution in [1.82, 2.24) is 9.88 Å². The quantitative estimate of drug-likeness (QED) is 0.331. The lowest BCUT2D eigenvalue weighted by Crippen LogP contribution is -2.30. The summed E-state index contributed by atoms with van der Waals surface area (Å²) in [6, 6.07) is 17.9. The lowest BCUT2D eigenvalue weighted by atomic mass is 9.87. The minimum absolute atomic E-state index is 0.0831. The number of rotatable bonds is 5. The normalized spacial score (nSPS) is 14.6. The van der Waals surface area contributed by atoms with Crippen molar-refractivity contribution in [2.24, 2.45) is 0 Å². The number of carbonyl (C=O) groups excluding carboxylic acids is 1. The van der Waals surface area contributed by atoms with E-state index in [1.54, 1.807) is 23.5 Å². The van der Waals surface area contributed by atoms with E-state index < -0.39 is 6.04 Å². The highest BCUT2D eigenvalue weighted by atomic mass is 32.1. The Labute approximate surface area is 190 Å². The summed E-state index contributed by atoms with van der Waals surface area (Å²) in [5, 5.41) is 5.43. The minimum atomic E-state index is -1.40. The summed E-state index contributed by atoms with van der Waals surface area (Å²) in [6.45, 7) is 2.97. The van der Waals surface area contributed by atoms with E-state index in [0.29, 0.717) is 0 Å². The van der Waals surface area contributed by atoms with Crippen LogP contribution in [-0.4, -0.2) is 29.0 Å². The molecule has 1 saturated heterocycles. The van der Waals surface area contributed by atoms with Gasteiger partial charge in [0.05, 0.1) is 11.1 Å². The van der Waals surface area contributed by atoms with Crippen LogP contribution >= 0.6 is 11.3 Å². The van der Waals surface area contributed by atoms with Crippen molar-refractivity contribution >= 4 is 33.8 Å². The van der Waals surface area contributed by atoms with Crippen molar-refractivity contribution in [3.05, 3.63) is 105 Å². The average Bonchev–Trinajstić information content (AvgIpc) is 3.34. The van der Waals surface area contributed by atoms with Crippen LogP contribution in [0.4, 0.5) is 4.39 Å². The highest BCUT2D eigenvalue weighted by Crippen LogP contribution is 2.35. The molecule has 32 heavy (non-hydrogen) atoms. The van der Waals surface area contributed by atoms with Gasteiger partial charge in [0.25, 0.3) is 0 Å². The number of hydrogen-bond donors (Lipinski definition) is 0. The second kappa shape index (κ2) is 9.15. The Kier molecular flexibility index (Phi) is 5.93. The Balaban J connectivity index is 1.55. The first-order chi connectivity index (χ1) is 15.7. The van der Waals surface area contributed by atoms with Gasteiger partial charge in [0.1, 0.15) is 0 Å². The van der Waals surface area contributed by atoms with Crippen LogP contribution in [0.3, 0.4) is 0 Å². The van der Waals surface area contributed by atoms with Gasteiger partial charge >= 0.3 is 6.04 Å². The summed E-state index contributed by atoms with van der Waals surface area (Å²) in [6.07, 6.45) is 3.75. The largest absolute Gasteiger partial charge is 0.332 e. The molecule has 0 N–H and O–H groups in total. The second-order valence-electron chi connectivity index (χ2n) is 8.12. The number of thiophene rings is 1. The van der Waals surface area contributed by atoms with Crippen molar-refractivity contribution in [2.75, 3.05) is 13.1 Å². The van der Waals surface area contributed by atoms with Gasteiger partial charge in [0.15, 0.2) is 0 Å². The Morgan fingerprint density at radius 3 is 2.44 bits per heavy atom. The van der Waals surface area contributed by atoms with Crippen molar-refractivity contribution in [3.63, 3.8) is 0 Å². The SMILES string of the molecule is O=C(F)c1ccc(C(=C2CCN(Cc3ccsc3)CC2)c2cccc3cccnc23)cc1. The Hall–Kier alpha value is -3.15. The minimum Gasteiger partial charge on any atom is -0.298 e. The lowest BCUT2D eigenvalue weighted by Gasteiger charge is -2.30. The Morgan fingerprint density at radius 2 is 1.72 bits per heavy atom. The molecule has 0 atom stereocenters. The van der Waals surface area contributed by atoms with Crippen LogP contribution in [0.15, 0.2) is 83.2 Å². The zero-order valence-corrected chi connectivity index (χ0v) is 18.4. The van der Waals surface area contributed by atoms with Crippen LogP contribution in [0, 0.1) is 0 Å². The number of pyridine rings is 1. The van der Waals surface area contributed by atoms with Crippen molar-refractivity contribution in [3.8, 4) is 0 Å². The summed E-state index contributed by atoms with van der Waals surface area (Å²) in [5.41, 5.74) is 7.03. The molecule has 1 aliphatic rings. The van der Waals surface area contributed by atoms with Gasteiger partial charge in [-0.3, -0.25) is 14.7 Å². The summed E-state index contributed by atoms with van der Waals surface area (Å²) < 4.78 is 13.2.